The number of amides is 1. The van der Waals surface area contributed by atoms with E-state index in [1.165, 1.54) is 35.1 Å². The molecule has 30 heavy (non-hydrogen) atoms. The zero-order chi connectivity index (χ0) is 21.3. The number of aryl methyl sites for hydroxylation is 2. The normalized spacial score (nSPS) is 16.5. The van der Waals surface area contributed by atoms with Crippen LogP contribution in [0, 0.1) is 19.7 Å². The quantitative estimate of drug-likeness (QED) is 0.553. The summed E-state index contributed by atoms with van der Waals surface area (Å²) in [6, 6.07) is 16.3. The Kier molecular flexibility index (Phi) is 5.59. The Morgan fingerprint density at radius 2 is 1.87 bits per heavy atom. The fourth-order valence-electron chi connectivity index (χ4n) is 3.59. The number of thioether (sulfide) groups is 1. The van der Waals surface area contributed by atoms with E-state index in [-0.39, 0.29) is 11.7 Å². The van der Waals surface area contributed by atoms with Crippen molar-refractivity contribution in [3.8, 4) is 5.69 Å². The van der Waals surface area contributed by atoms with Crippen molar-refractivity contribution < 1.29 is 9.18 Å². The molecular formula is C24H22FN3OS. The SMILES string of the molecule is CCc1ccccc1-n1c(C)cc(C=C2SC(=Nc3ccc(F)cc3)NC2=O)c1C. The average Bonchev–Trinajstić information content (AvgIpc) is 3.22. The molecule has 1 aromatic heterocycles. The van der Waals surface area contributed by atoms with Crippen LogP contribution < -0.4 is 5.32 Å². The van der Waals surface area contributed by atoms with E-state index >= 15 is 0 Å². The second-order valence-electron chi connectivity index (χ2n) is 7.10. The molecule has 0 saturated carbocycles. The number of nitrogens with zero attached hydrogens (tertiary/aromatic N) is 2. The lowest BCUT2D eigenvalue weighted by molar-refractivity contribution is -0.115. The minimum atomic E-state index is -0.317. The zero-order valence-electron chi connectivity index (χ0n) is 17.1. The van der Waals surface area contributed by atoms with Gasteiger partial charge in [-0.1, -0.05) is 25.1 Å². The van der Waals surface area contributed by atoms with Gasteiger partial charge in [-0.05, 0) is 85.6 Å². The number of aliphatic imine (C=N–C) groups is 1. The molecule has 0 bridgehead atoms. The summed E-state index contributed by atoms with van der Waals surface area (Å²) >= 11 is 1.29. The van der Waals surface area contributed by atoms with Crippen LogP contribution >= 0.6 is 11.8 Å². The Bertz CT molecular complexity index is 1180. The van der Waals surface area contributed by atoms with Crippen LogP contribution in [0.2, 0.25) is 0 Å². The van der Waals surface area contributed by atoms with Crippen LogP contribution in [0.4, 0.5) is 10.1 Å². The molecule has 4 nitrogen and oxygen atoms in total. The van der Waals surface area contributed by atoms with Gasteiger partial charge in [0, 0.05) is 17.1 Å². The van der Waals surface area contributed by atoms with Gasteiger partial charge in [0.25, 0.3) is 5.91 Å². The van der Waals surface area contributed by atoms with Crippen LogP contribution in [0.25, 0.3) is 11.8 Å². The van der Waals surface area contributed by atoms with Gasteiger partial charge in [0.2, 0.25) is 0 Å². The Morgan fingerprint density at radius 1 is 1.13 bits per heavy atom. The fourth-order valence-corrected chi connectivity index (χ4v) is 4.42. The molecule has 2 heterocycles. The van der Waals surface area contributed by atoms with Gasteiger partial charge in [-0.2, -0.15) is 0 Å². The zero-order valence-corrected chi connectivity index (χ0v) is 17.9. The summed E-state index contributed by atoms with van der Waals surface area (Å²) < 4.78 is 15.3. The number of para-hydroxylation sites is 1. The first-order valence-corrected chi connectivity index (χ1v) is 10.6. The van der Waals surface area contributed by atoms with E-state index in [0.717, 1.165) is 23.4 Å². The smallest absolute Gasteiger partial charge is 0.264 e. The predicted molar refractivity (Wildman–Crippen MR) is 122 cm³/mol. The molecule has 1 fully saturated rings. The standard InChI is InChI=1S/C24H22FN3OS/c1-4-17-7-5-6-8-21(17)28-15(2)13-18(16(28)3)14-22-23(29)27-24(30-22)26-20-11-9-19(25)10-12-20/h5-14H,4H2,1-3H3,(H,26,27,29). The van der Waals surface area contributed by atoms with Crippen LogP contribution in [0.1, 0.15) is 29.4 Å². The second kappa shape index (κ2) is 8.32. The van der Waals surface area contributed by atoms with E-state index in [0.29, 0.717) is 15.8 Å². The summed E-state index contributed by atoms with van der Waals surface area (Å²) in [6.07, 6.45) is 2.85. The third-order valence-corrected chi connectivity index (χ3v) is 5.99. The predicted octanol–water partition coefficient (Wildman–Crippen LogP) is 5.69. The molecule has 1 amide bonds. The highest BCUT2D eigenvalue weighted by Crippen LogP contribution is 2.31. The van der Waals surface area contributed by atoms with E-state index in [2.05, 4.69) is 59.9 Å². The summed E-state index contributed by atoms with van der Waals surface area (Å²) in [5.41, 5.74) is 6.23. The minimum Gasteiger partial charge on any atom is -0.318 e. The Balaban J connectivity index is 1.66. The van der Waals surface area contributed by atoms with E-state index in [9.17, 15) is 9.18 Å². The number of hydrogen-bond acceptors (Lipinski definition) is 3. The van der Waals surface area contributed by atoms with Crippen LogP contribution in [0.3, 0.4) is 0 Å². The number of halogens is 1. The number of amidine groups is 1. The van der Waals surface area contributed by atoms with Crippen molar-refractivity contribution in [3.05, 3.63) is 87.8 Å². The molecule has 0 atom stereocenters. The summed E-state index contributed by atoms with van der Waals surface area (Å²) in [6.45, 7) is 6.29. The maximum atomic E-state index is 13.1. The van der Waals surface area contributed by atoms with Crippen molar-refractivity contribution in [2.75, 3.05) is 0 Å². The Morgan fingerprint density at radius 3 is 2.60 bits per heavy atom. The third-order valence-electron chi connectivity index (χ3n) is 5.08. The number of aromatic nitrogens is 1. The van der Waals surface area contributed by atoms with Crippen LogP contribution in [-0.2, 0) is 11.2 Å². The summed E-state index contributed by atoms with van der Waals surface area (Å²) in [5.74, 6) is -0.498. The van der Waals surface area contributed by atoms with Crippen molar-refractivity contribution >= 4 is 34.6 Å². The minimum absolute atomic E-state index is 0.181. The number of rotatable bonds is 4. The second-order valence-corrected chi connectivity index (χ2v) is 8.13. The van der Waals surface area contributed by atoms with Crippen LogP contribution in [0.15, 0.2) is 64.5 Å². The first-order valence-electron chi connectivity index (χ1n) is 9.78. The van der Waals surface area contributed by atoms with Gasteiger partial charge in [0.05, 0.1) is 10.6 Å². The molecular weight excluding hydrogens is 397 g/mol. The van der Waals surface area contributed by atoms with Gasteiger partial charge < -0.3 is 9.88 Å². The lowest BCUT2D eigenvalue weighted by Crippen LogP contribution is -2.19. The molecule has 1 N–H and O–H groups in total. The molecule has 0 unspecified atom stereocenters. The highest BCUT2D eigenvalue weighted by atomic mass is 32.2. The molecule has 1 aliphatic heterocycles. The van der Waals surface area contributed by atoms with Crippen LogP contribution in [0.5, 0.6) is 0 Å². The van der Waals surface area contributed by atoms with Gasteiger partial charge in [0.15, 0.2) is 5.17 Å². The lowest BCUT2D eigenvalue weighted by Gasteiger charge is -2.13. The molecule has 152 valence electrons. The number of carbonyl (C=O) groups is 1. The maximum absolute atomic E-state index is 13.1. The highest BCUT2D eigenvalue weighted by Gasteiger charge is 2.24. The monoisotopic (exact) mass is 419 g/mol. The lowest BCUT2D eigenvalue weighted by atomic mass is 10.1. The van der Waals surface area contributed by atoms with Crippen molar-refractivity contribution in [1.82, 2.24) is 9.88 Å². The number of nitrogens with one attached hydrogen (secondary N) is 1. The van der Waals surface area contributed by atoms with Crippen molar-refractivity contribution in [1.29, 1.82) is 0 Å². The molecule has 1 saturated heterocycles. The van der Waals surface area contributed by atoms with Gasteiger partial charge in [-0.25, -0.2) is 9.38 Å². The summed E-state index contributed by atoms with van der Waals surface area (Å²) in [4.78, 5) is 17.4. The van der Waals surface area contributed by atoms with Crippen molar-refractivity contribution in [2.45, 2.75) is 27.2 Å². The number of hydrogen-bond donors (Lipinski definition) is 1. The molecule has 4 rings (SSSR count). The highest BCUT2D eigenvalue weighted by molar-refractivity contribution is 8.18. The van der Waals surface area contributed by atoms with Gasteiger partial charge >= 0.3 is 0 Å². The average molecular weight is 420 g/mol. The first-order chi connectivity index (χ1) is 14.5. The topological polar surface area (TPSA) is 46.4 Å². The molecule has 2 aromatic carbocycles. The van der Waals surface area contributed by atoms with Gasteiger partial charge in [-0.3, -0.25) is 4.79 Å². The Labute approximate surface area is 179 Å². The maximum Gasteiger partial charge on any atom is 0.264 e. The molecule has 1 aliphatic rings. The largest absolute Gasteiger partial charge is 0.318 e. The van der Waals surface area contributed by atoms with Crippen LogP contribution in [-0.4, -0.2) is 15.6 Å². The molecule has 3 aromatic rings. The molecule has 0 spiro atoms. The van der Waals surface area contributed by atoms with E-state index in [4.69, 9.17) is 0 Å². The molecule has 0 radical (unpaired) electrons. The van der Waals surface area contributed by atoms with E-state index in [1.807, 2.05) is 12.1 Å². The number of benzene rings is 2. The van der Waals surface area contributed by atoms with E-state index in [1.54, 1.807) is 12.1 Å². The van der Waals surface area contributed by atoms with Crippen molar-refractivity contribution in [2.24, 2.45) is 4.99 Å². The van der Waals surface area contributed by atoms with Gasteiger partial charge in [0.1, 0.15) is 5.82 Å². The van der Waals surface area contributed by atoms with Crippen molar-refractivity contribution in [3.63, 3.8) is 0 Å². The molecule has 0 aliphatic carbocycles. The van der Waals surface area contributed by atoms with Gasteiger partial charge in [-0.15, -0.1) is 0 Å². The first kappa shape index (κ1) is 20.2. The fraction of sp³-hybridized carbons (Fsp3) is 0.167. The Hall–Kier alpha value is -3.12. The molecule has 6 heteroatoms. The number of carbonyl (C=O) groups excluding carboxylic acids is 1. The van der Waals surface area contributed by atoms with E-state index < -0.39 is 0 Å². The summed E-state index contributed by atoms with van der Waals surface area (Å²) in [7, 11) is 0. The summed E-state index contributed by atoms with van der Waals surface area (Å²) in [5, 5.41) is 3.27. The third kappa shape index (κ3) is 3.96.